The summed E-state index contributed by atoms with van der Waals surface area (Å²) in [6.07, 6.45) is -0.258. The number of hydrogen-bond donors (Lipinski definition) is 3. The van der Waals surface area contributed by atoms with E-state index >= 15 is 0 Å². The lowest BCUT2D eigenvalue weighted by atomic mass is 10.1. The zero-order chi connectivity index (χ0) is 11.3. The lowest BCUT2D eigenvalue weighted by Crippen LogP contribution is -2.51. The second kappa shape index (κ2) is 5.72. The van der Waals surface area contributed by atoms with E-state index < -0.39 is 24.1 Å². The average molecular weight is 202 g/mol. The van der Waals surface area contributed by atoms with E-state index in [1.54, 1.807) is 0 Å². The van der Waals surface area contributed by atoms with Gasteiger partial charge in [0.05, 0.1) is 12.1 Å². The summed E-state index contributed by atoms with van der Waals surface area (Å²) in [5.41, 5.74) is 5.39. The molecule has 0 aromatic carbocycles. The summed E-state index contributed by atoms with van der Waals surface area (Å²) in [7, 11) is 0. The van der Waals surface area contributed by atoms with Crippen molar-refractivity contribution in [1.29, 1.82) is 0 Å². The van der Waals surface area contributed by atoms with E-state index in [2.05, 4.69) is 5.32 Å². The molecule has 5 heteroatoms. The Bertz CT molecular complexity index is 204. The molecule has 0 aliphatic rings. The SMILES string of the molecule is CC(C)[C@@H](C=O)NC(=O)[C@@H](N)[C@@H](C)O. The average Bonchev–Trinajstić information content (AvgIpc) is 2.11. The Morgan fingerprint density at radius 1 is 1.43 bits per heavy atom. The summed E-state index contributed by atoms with van der Waals surface area (Å²) in [5, 5.41) is 11.5. The van der Waals surface area contributed by atoms with Crippen molar-refractivity contribution in [2.24, 2.45) is 11.7 Å². The summed E-state index contributed by atoms with van der Waals surface area (Å²) >= 11 is 0. The van der Waals surface area contributed by atoms with Crippen molar-refractivity contribution in [2.75, 3.05) is 0 Å². The van der Waals surface area contributed by atoms with Crippen molar-refractivity contribution >= 4 is 12.2 Å². The zero-order valence-electron chi connectivity index (χ0n) is 8.73. The fourth-order valence-corrected chi connectivity index (χ4v) is 0.837. The molecule has 1 amide bonds. The Kier molecular flexibility index (Phi) is 5.34. The van der Waals surface area contributed by atoms with Gasteiger partial charge >= 0.3 is 0 Å². The van der Waals surface area contributed by atoms with Gasteiger partial charge in [0, 0.05) is 0 Å². The molecule has 0 saturated heterocycles. The van der Waals surface area contributed by atoms with E-state index in [0.29, 0.717) is 6.29 Å². The highest BCUT2D eigenvalue weighted by Gasteiger charge is 2.22. The van der Waals surface area contributed by atoms with Crippen molar-refractivity contribution in [3.8, 4) is 0 Å². The topological polar surface area (TPSA) is 92.4 Å². The first-order valence-electron chi connectivity index (χ1n) is 4.59. The number of amides is 1. The smallest absolute Gasteiger partial charge is 0.240 e. The molecule has 0 aromatic rings. The van der Waals surface area contributed by atoms with Crippen LogP contribution in [0.2, 0.25) is 0 Å². The van der Waals surface area contributed by atoms with Crippen LogP contribution < -0.4 is 11.1 Å². The van der Waals surface area contributed by atoms with Crippen molar-refractivity contribution in [1.82, 2.24) is 5.32 Å². The van der Waals surface area contributed by atoms with Crippen LogP contribution in [0.15, 0.2) is 0 Å². The second-order valence-corrected chi connectivity index (χ2v) is 3.68. The van der Waals surface area contributed by atoms with Crippen molar-refractivity contribution in [2.45, 2.75) is 39.0 Å². The minimum Gasteiger partial charge on any atom is -0.391 e. The van der Waals surface area contributed by atoms with Crippen molar-refractivity contribution in [3.63, 3.8) is 0 Å². The van der Waals surface area contributed by atoms with Gasteiger partial charge in [-0.05, 0) is 12.8 Å². The highest BCUT2D eigenvalue weighted by Crippen LogP contribution is 1.99. The molecule has 0 rings (SSSR count). The lowest BCUT2D eigenvalue weighted by Gasteiger charge is -2.20. The maximum atomic E-state index is 11.3. The van der Waals surface area contributed by atoms with Gasteiger partial charge in [0.15, 0.2) is 0 Å². The number of nitrogens with one attached hydrogen (secondary N) is 1. The minimum absolute atomic E-state index is 0.0117. The molecule has 0 aromatic heterocycles. The fourth-order valence-electron chi connectivity index (χ4n) is 0.837. The van der Waals surface area contributed by atoms with Gasteiger partial charge in [-0.3, -0.25) is 4.79 Å². The number of aliphatic hydroxyl groups excluding tert-OH is 1. The largest absolute Gasteiger partial charge is 0.391 e. The highest BCUT2D eigenvalue weighted by molar-refractivity contribution is 5.84. The first-order valence-corrected chi connectivity index (χ1v) is 4.59. The first kappa shape index (κ1) is 13.1. The first-order chi connectivity index (χ1) is 6.40. The van der Waals surface area contributed by atoms with Gasteiger partial charge in [-0.2, -0.15) is 0 Å². The third-order valence-corrected chi connectivity index (χ3v) is 2.00. The Labute approximate surface area is 83.7 Å². The molecule has 14 heavy (non-hydrogen) atoms. The van der Waals surface area contributed by atoms with E-state index in [1.165, 1.54) is 6.92 Å². The quantitative estimate of drug-likeness (QED) is 0.500. The third kappa shape index (κ3) is 3.85. The van der Waals surface area contributed by atoms with Crippen LogP contribution >= 0.6 is 0 Å². The Balaban J connectivity index is 4.22. The van der Waals surface area contributed by atoms with Crippen LogP contribution in [-0.2, 0) is 9.59 Å². The number of nitrogens with two attached hydrogens (primary N) is 1. The summed E-state index contributed by atoms with van der Waals surface area (Å²) in [6, 6.07) is -1.54. The molecule has 0 unspecified atom stereocenters. The van der Waals surface area contributed by atoms with Crippen LogP contribution in [0.1, 0.15) is 20.8 Å². The van der Waals surface area contributed by atoms with Gasteiger partial charge in [0.1, 0.15) is 12.3 Å². The number of aldehydes is 1. The van der Waals surface area contributed by atoms with Crippen LogP contribution in [0.5, 0.6) is 0 Å². The zero-order valence-corrected chi connectivity index (χ0v) is 8.73. The fraction of sp³-hybridized carbons (Fsp3) is 0.778. The van der Waals surface area contributed by atoms with E-state index in [4.69, 9.17) is 10.8 Å². The summed E-state index contributed by atoms with van der Waals surface area (Å²) in [4.78, 5) is 21.9. The predicted molar refractivity (Wildman–Crippen MR) is 52.5 cm³/mol. The molecule has 0 aliphatic carbocycles. The number of rotatable bonds is 5. The summed E-state index contributed by atoms with van der Waals surface area (Å²) in [5.74, 6) is -0.497. The molecule has 0 fully saturated rings. The van der Waals surface area contributed by atoms with E-state index in [9.17, 15) is 9.59 Å². The van der Waals surface area contributed by atoms with Crippen molar-refractivity contribution < 1.29 is 14.7 Å². The maximum Gasteiger partial charge on any atom is 0.240 e. The number of carbonyl (C=O) groups excluding carboxylic acids is 2. The standard InChI is InChI=1S/C9H18N2O3/c1-5(2)7(4-12)11-9(14)8(10)6(3)13/h4-8,13H,10H2,1-3H3,(H,11,14)/t6-,7-,8+/m1/s1. The second-order valence-electron chi connectivity index (χ2n) is 3.68. The Morgan fingerprint density at radius 2 is 1.93 bits per heavy atom. The van der Waals surface area contributed by atoms with Crippen LogP contribution in [0.25, 0.3) is 0 Å². The highest BCUT2D eigenvalue weighted by atomic mass is 16.3. The molecule has 3 atom stereocenters. The lowest BCUT2D eigenvalue weighted by molar-refractivity contribution is -0.127. The van der Waals surface area contributed by atoms with E-state index in [1.807, 2.05) is 13.8 Å². The molecule has 0 heterocycles. The molecule has 4 N–H and O–H groups in total. The van der Waals surface area contributed by atoms with Gasteiger partial charge in [-0.1, -0.05) is 13.8 Å². The monoisotopic (exact) mass is 202 g/mol. The van der Waals surface area contributed by atoms with E-state index in [0.717, 1.165) is 0 Å². The molecule has 0 spiro atoms. The predicted octanol–water partition coefficient (Wildman–Crippen LogP) is -0.966. The maximum absolute atomic E-state index is 11.3. The minimum atomic E-state index is -0.990. The normalized spacial score (nSPS) is 17.3. The summed E-state index contributed by atoms with van der Waals surface area (Å²) < 4.78 is 0. The van der Waals surface area contributed by atoms with Crippen LogP contribution in [0.3, 0.4) is 0 Å². The van der Waals surface area contributed by atoms with Crippen molar-refractivity contribution in [3.05, 3.63) is 0 Å². The van der Waals surface area contributed by atoms with Gasteiger partial charge in [0.25, 0.3) is 0 Å². The third-order valence-electron chi connectivity index (χ3n) is 2.00. The number of hydrogen-bond acceptors (Lipinski definition) is 4. The van der Waals surface area contributed by atoms with Gasteiger partial charge in [0.2, 0.25) is 5.91 Å². The molecule has 82 valence electrons. The molecule has 5 nitrogen and oxygen atoms in total. The van der Waals surface area contributed by atoms with E-state index in [-0.39, 0.29) is 5.92 Å². The van der Waals surface area contributed by atoms with Crippen LogP contribution in [-0.4, -0.2) is 35.5 Å². The number of aliphatic hydroxyl groups is 1. The van der Waals surface area contributed by atoms with Crippen LogP contribution in [0, 0.1) is 5.92 Å². The Morgan fingerprint density at radius 3 is 2.21 bits per heavy atom. The molecule has 0 aliphatic heterocycles. The summed E-state index contributed by atoms with van der Waals surface area (Å²) in [6.45, 7) is 5.05. The molecule has 0 bridgehead atoms. The number of carbonyl (C=O) groups is 2. The molecule has 0 radical (unpaired) electrons. The van der Waals surface area contributed by atoms with Crippen LogP contribution in [0.4, 0.5) is 0 Å². The molecule has 0 saturated carbocycles. The molecular weight excluding hydrogens is 184 g/mol. The molecular formula is C9H18N2O3. The van der Waals surface area contributed by atoms with Gasteiger partial charge < -0.3 is 21.0 Å². The van der Waals surface area contributed by atoms with Gasteiger partial charge in [-0.25, -0.2) is 0 Å². The Hall–Kier alpha value is -0.940. The van der Waals surface area contributed by atoms with Gasteiger partial charge in [-0.15, -0.1) is 0 Å².